The summed E-state index contributed by atoms with van der Waals surface area (Å²) in [4.78, 5) is 12.5. The van der Waals surface area contributed by atoms with Crippen molar-refractivity contribution in [3.63, 3.8) is 0 Å². The van der Waals surface area contributed by atoms with Crippen LogP contribution in [0.5, 0.6) is 0 Å². The number of hydrogen-bond acceptors (Lipinski definition) is 5. The zero-order valence-corrected chi connectivity index (χ0v) is 9.56. The van der Waals surface area contributed by atoms with Gasteiger partial charge in [-0.25, -0.2) is 4.98 Å². The predicted octanol–water partition coefficient (Wildman–Crippen LogP) is 2.01. The molecule has 0 atom stereocenters. The molecule has 5 nitrogen and oxygen atoms in total. The number of nitrogen functional groups attached to an aromatic ring is 1. The quantitative estimate of drug-likeness (QED) is 0.792. The Bertz CT molecular complexity index is 485. The SMILES string of the molecule is CC(C)(C)c1nc(N)nc(-c2ccco2)n1. The Morgan fingerprint density at radius 3 is 2.50 bits per heavy atom. The van der Waals surface area contributed by atoms with Crippen LogP contribution in [0.25, 0.3) is 11.6 Å². The van der Waals surface area contributed by atoms with E-state index in [-0.39, 0.29) is 11.4 Å². The van der Waals surface area contributed by atoms with Gasteiger partial charge in [-0.05, 0) is 12.1 Å². The number of aromatic nitrogens is 3. The number of nitrogens with zero attached hydrogens (tertiary/aromatic N) is 3. The molecule has 0 amide bonds. The van der Waals surface area contributed by atoms with Gasteiger partial charge in [0.2, 0.25) is 11.8 Å². The topological polar surface area (TPSA) is 77.8 Å². The summed E-state index contributed by atoms with van der Waals surface area (Å²) in [7, 11) is 0. The summed E-state index contributed by atoms with van der Waals surface area (Å²) in [6, 6.07) is 3.58. The predicted molar refractivity (Wildman–Crippen MR) is 60.6 cm³/mol. The minimum absolute atomic E-state index is 0.168. The lowest BCUT2D eigenvalue weighted by atomic mass is 9.96. The summed E-state index contributed by atoms with van der Waals surface area (Å²) in [6.45, 7) is 6.06. The summed E-state index contributed by atoms with van der Waals surface area (Å²) >= 11 is 0. The highest BCUT2D eigenvalue weighted by molar-refractivity contribution is 5.47. The molecule has 0 radical (unpaired) electrons. The molecular formula is C11H14N4O. The van der Waals surface area contributed by atoms with E-state index >= 15 is 0 Å². The zero-order chi connectivity index (χ0) is 11.8. The van der Waals surface area contributed by atoms with Crippen LogP contribution in [-0.4, -0.2) is 15.0 Å². The molecule has 0 aliphatic carbocycles. The van der Waals surface area contributed by atoms with Crippen LogP contribution in [0.4, 0.5) is 5.95 Å². The van der Waals surface area contributed by atoms with Crippen LogP contribution in [0, 0.1) is 0 Å². The van der Waals surface area contributed by atoms with Crippen LogP contribution >= 0.6 is 0 Å². The van der Waals surface area contributed by atoms with E-state index in [1.54, 1.807) is 18.4 Å². The molecule has 0 unspecified atom stereocenters. The Hall–Kier alpha value is -1.91. The van der Waals surface area contributed by atoms with E-state index in [0.29, 0.717) is 17.4 Å². The number of nitrogens with two attached hydrogens (primary N) is 1. The monoisotopic (exact) mass is 218 g/mol. The van der Waals surface area contributed by atoms with E-state index in [2.05, 4.69) is 15.0 Å². The second kappa shape index (κ2) is 3.59. The minimum atomic E-state index is -0.168. The van der Waals surface area contributed by atoms with Gasteiger partial charge in [-0.3, -0.25) is 0 Å². The van der Waals surface area contributed by atoms with Gasteiger partial charge in [-0.15, -0.1) is 0 Å². The molecule has 0 fully saturated rings. The molecule has 0 saturated heterocycles. The Balaban J connectivity index is 2.53. The maximum absolute atomic E-state index is 5.66. The molecule has 2 aromatic heterocycles. The number of rotatable bonds is 1. The highest BCUT2D eigenvalue weighted by Crippen LogP contribution is 2.22. The van der Waals surface area contributed by atoms with Gasteiger partial charge < -0.3 is 10.2 Å². The number of hydrogen-bond donors (Lipinski definition) is 1. The summed E-state index contributed by atoms with van der Waals surface area (Å²) in [6.07, 6.45) is 1.58. The lowest BCUT2D eigenvalue weighted by molar-refractivity contribution is 0.537. The van der Waals surface area contributed by atoms with Crippen molar-refractivity contribution in [2.24, 2.45) is 0 Å². The first-order chi connectivity index (χ1) is 7.47. The normalized spacial score (nSPS) is 11.7. The third-order valence-corrected chi connectivity index (χ3v) is 2.07. The third-order valence-electron chi connectivity index (χ3n) is 2.07. The fourth-order valence-corrected chi connectivity index (χ4v) is 1.24. The Morgan fingerprint density at radius 1 is 1.19 bits per heavy atom. The largest absolute Gasteiger partial charge is 0.461 e. The summed E-state index contributed by atoms with van der Waals surface area (Å²) < 4.78 is 5.23. The van der Waals surface area contributed by atoms with Crippen molar-refractivity contribution >= 4 is 5.95 Å². The molecule has 0 spiro atoms. The smallest absolute Gasteiger partial charge is 0.223 e. The van der Waals surface area contributed by atoms with Gasteiger partial charge >= 0.3 is 0 Å². The molecule has 0 saturated carbocycles. The summed E-state index contributed by atoms with van der Waals surface area (Å²) in [5, 5.41) is 0. The third kappa shape index (κ3) is 2.03. The van der Waals surface area contributed by atoms with Crippen molar-refractivity contribution in [3.05, 3.63) is 24.2 Å². The number of furan rings is 1. The van der Waals surface area contributed by atoms with Gasteiger partial charge in [0.25, 0.3) is 0 Å². The van der Waals surface area contributed by atoms with E-state index in [1.807, 2.05) is 20.8 Å². The highest BCUT2D eigenvalue weighted by atomic mass is 16.3. The van der Waals surface area contributed by atoms with Gasteiger partial charge in [0.05, 0.1) is 6.26 Å². The minimum Gasteiger partial charge on any atom is -0.461 e. The standard InChI is InChI=1S/C11H14N4O/c1-11(2,3)9-13-8(14-10(12)15-9)7-5-4-6-16-7/h4-6H,1-3H3,(H2,12,13,14,15). The molecule has 5 heteroatoms. The maximum atomic E-state index is 5.66. The van der Waals surface area contributed by atoms with Gasteiger partial charge in [-0.2, -0.15) is 9.97 Å². The lowest BCUT2D eigenvalue weighted by Gasteiger charge is -2.16. The van der Waals surface area contributed by atoms with Crippen molar-refractivity contribution in [3.8, 4) is 11.6 Å². The van der Waals surface area contributed by atoms with Crippen LogP contribution < -0.4 is 5.73 Å². The fourth-order valence-electron chi connectivity index (χ4n) is 1.24. The van der Waals surface area contributed by atoms with Gasteiger partial charge in [0.1, 0.15) is 5.82 Å². The van der Waals surface area contributed by atoms with E-state index < -0.39 is 0 Å². The van der Waals surface area contributed by atoms with Crippen LogP contribution in [-0.2, 0) is 5.41 Å². The van der Waals surface area contributed by atoms with E-state index in [9.17, 15) is 0 Å². The molecule has 2 heterocycles. The molecule has 0 aromatic carbocycles. The zero-order valence-electron chi connectivity index (χ0n) is 9.56. The second-order valence-electron chi connectivity index (χ2n) is 4.57. The van der Waals surface area contributed by atoms with Crippen molar-refractivity contribution in [2.75, 3.05) is 5.73 Å². The first kappa shape index (κ1) is 10.6. The molecule has 2 aromatic rings. The Labute approximate surface area is 93.7 Å². The average molecular weight is 218 g/mol. The molecule has 16 heavy (non-hydrogen) atoms. The molecule has 84 valence electrons. The van der Waals surface area contributed by atoms with Crippen LogP contribution in [0.2, 0.25) is 0 Å². The first-order valence-electron chi connectivity index (χ1n) is 5.03. The average Bonchev–Trinajstić information content (AvgIpc) is 2.68. The van der Waals surface area contributed by atoms with Crippen molar-refractivity contribution in [1.82, 2.24) is 15.0 Å². The van der Waals surface area contributed by atoms with E-state index in [4.69, 9.17) is 10.2 Å². The van der Waals surface area contributed by atoms with E-state index in [0.717, 1.165) is 0 Å². The van der Waals surface area contributed by atoms with Crippen LogP contribution in [0.15, 0.2) is 22.8 Å². The highest BCUT2D eigenvalue weighted by Gasteiger charge is 2.20. The molecule has 0 bridgehead atoms. The Morgan fingerprint density at radius 2 is 1.94 bits per heavy atom. The van der Waals surface area contributed by atoms with Crippen molar-refractivity contribution in [1.29, 1.82) is 0 Å². The van der Waals surface area contributed by atoms with Crippen LogP contribution in [0.1, 0.15) is 26.6 Å². The first-order valence-corrected chi connectivity index (χ1v) is 5.03. The molecule has 2 rings (SSSR count). The maximum Gasteiger partial charge on any atom is 0.223 e. The molecule has 0 aliphatic heterocycles. The summed E-state index contributed by atoms with van der Waals surface area (Å²) in [5.74, 6) is 1.94. The Kier molecular flexibility index (Phi) is 2.38. The summed E-state index contributed by atoms with van der Waals surface area (Å²) in [5.41, 5.74) is 5.49. The number of anilines is 1. The van der Waals surface area contributed by atoms with Gasteiger partial charge in [-0.1, -0.05) is 20.8 Å². The second-order valence-corrected chi connectivity index (χ2v) is 4.57. The van der Waals surface area contributed by atoms with Crippen LogP contribution in [0.3, 0.4) is 0 Å². The fraction of sp³-hybridized carbons (Fsp3) is 0.364. The van der Waals surface area contributed by atoms with Crippen molar-refractivity contribution < 1.29 is 4.42 Å². The molecular weight excluding hydrogens is 204 g/mol. The molecule has 0 aliphatic rings. The lowest BCUT2D eigenvalue weighted by Crippen LogP contribution is -2.18. The molecule has 2 N–H and O–H groups in total. The van der Waals surface area contributed by atoms with Gasteiger partial charge in [0, 0.05) is 5.41 Å². The van der Waals surface area contributed by atoms with E-state index in [1.165, 1.54) is 0 Å². The van der Waals surface area contributed by atoms with Crippen molar-refractivity contribution in [2.45, 2.75) is 26.2 Å². The van der Waals surface area contributed by atoms with Gasteiger partial charge in [0.15, 0.2) is 5.76 Å².